The molecule has 132 valence electrons. The number of nitrogens with zero attached hydrogens (tertiary/aromatic N) is 1. The Morgan fingerprint density at radius 2 is 1.58 bits per heavy atom. The minimum Gasteiger partial charge on any atom is -0.383 e. The zero-order valence-corrected chi connectivity index (χ0v) is 14.8. The van der Waals surface area contributed by atoms with Crippen molar-refractivity contribution >= 4 is 29.0 Å². The molecule has 0 saturated carbocycles. The van der Waals surface area contributed by atoms with Crippen LogP contribution in [0.4, 0.5) is 11.5 Å². The zero-order valence-electron chi connectivity index (χ0n) is 14.1. The molecule has 3 rings (SSSR count). The average molecular weight is 367 g/mol. The number of nitrogens with one attached hydrogen (secondary N) is 2. The van der Waals surface area contributed by atoms with Crippen LogP contribution in [0.1, 0.15) is 21.5 Å². The number of hydrogen-bond donors (Lipinski definition) is 3. The predicted octanol–water partition coefficient (Wildman–Crippen LogP) is 3.86. The molecule has 0 saturated heterocycles. The summed E-state index contributed by atoms with van der Waals surface area (Å²) < 4.78 is 0. The lowest BCUT2D eigenvalue weighted by molar-refractivity contribution is 0.0951. The van der Waals surface area contributed by atoms with E-state index < -0.39 is 0 Å². The van der Waals surface area contributed by atoms with Gasteiger partial charge in [0.2, 0.25) is 0 Å². The van der Waals surface area contributed by atoms with Crippen molar-refractivity contribution in [1.29, 1.82) is 0 Å². The fourth-order valence-corrected chi connectivity index (χ4v) is 2.61. The molecule has 0 atom stereocenters. The number of anilines is 2. The molecule has 0 aliphatic heterocycles. The molecule has 0 aliphatic carbocycles. The monoisotopic (exact) mass is 366 g/mol. The molecule has 0 spiro atoms. The van der Waals surface area contributed by atoms with Gasteiger partial charge in [0.1, 0.15) is 11.0 Å². The Bertz CT molecular complexity index is 882. The SMILES string of the molecule is Nc1nc(Cl)ccc1C(=O)NCc1ccc(CNc2ccccc2)cc1. The van der Waals surface area contributed by atoms with Crippen molar-refractivity contribution in [3.8, 4) is 0 Å². The molecule has 6 heteroatoms. The van der Waals surface area contributed by atoms with Crippen molar-refractivity contribution in [2.45, 2.75) is 13.1 Å². The first-order valence-electron chi connectivity index (χ1n) is 8.19. The van der Waals surface area contributed by atoms with Crippen molar-refractivity contribution in [3.63, 3.8) is 0 Å². The van der Waals surface area contributed by atoms with Gasteiger partial charge in [0, 0.05) is 18.8 Å². The highest BCUT2D eigenvalue weighted by Gasteiger charge is 2.10. The van der Waals surface area contributed by atoms with Crippen LogP contribution >= 0.6 is 11.6 Å². The molecule has 1 amide bonds. The van der Waals surface area contributed by atoms with Gasteiger partial charge >= 0.3 is 0 Å². The number of pyridine rings is 1. The number of aromatic nitrogens is 1. The Balaban J connectivity index is 1.53. The number of carbonyl (C=O) groups is 1. The molecule has 0 unspecified atom stereocenters. The van der Waals surface area contributed by atoms with Crippen LogP contribution in [-0.4, -0.2) is 10.9 Å². The number of nitrogens with two attached hydrogens (primary N) is 1. The fraction of sp³-hybridized carbons (Fsp3) is 0.100. The molecule has 1 aromatic heterocycles. The van der Waals surface area contributed by atoms with Crippen LogP contribution in [0.15, 0.2) is 66.7 Å². The first-order chi connectivity index (χ1) is 12.6. The highest BCUT2D eigenvalue weighted by atomic mass is 35.5. The molecule has 5 nitrogen and oxygen atoms in total. The molecule has 0 aliphatic rings. The van der Waals surface area contributed by atoms with E-state index >= 15 is 0 Å². The van der Waals surface area contributed by atoms with Gasteiger partial charge in [-0.15, -0.1) is 0 Å². The Morgan fingerprint density at radius 3 is 2.23 bits per heavy atom. The van der Waals surface area contributed by atoms with Crippen molar-refractivity contribution in [3.05, 3.63) is 88.6 Å². The number of amides is 1. The molecule has 0 radical (unpaired) electrons. The summed E-state index contributed by atoms with van der Waals surface area (Å²) in [6.07, 6.45) is 0. The van der Waals surface area contributed by atoms with E-state index in [9.17, 15) is 4.79 Å². The molecular formula is C20H19ClN4O. The van der Waals surface area contributed by atoms with Gasteiger partial charge in [-0.1, -0.05) is 54.1 Å². The Hall–Kier alpha value is -3.05. The third kappa shape index (κ3) is 4.74. The molecule has 3 aromatic rings. The van der Waals surface area contributed by atoms with Crippen molar-refractivity contribution in [2.75, 3.05) is 11.1 Å². The summed E-state index contributed by atoms with van der Waals surface area (Å²) in [6, 6.07) is 21.2. The number of para-hydroxylation sites is 1. The van der Waals surface area contributed by atoms with Gasteiger partial charge in [-0.3, -0.25) is 4.79 Å². The Labute approximate surface area is 157 Å². The fourth-order valence-electron chi connectivity index (χ4n) is 2.45. The standard InChI is InChI=1S/C20H19ClN4O/c21-18-11-10-17(19(22)25-18)20(26)24-13-15-8-6-14(7-9-15)12-23-16-4-2-1-3-5-16/h1-11,23H,12-13H2,(H2,22,25)(H,24,26). The maximum atomic E-state index is 12.2. The number of nitrogen functional groups attached to an aromatic ring is 1. The third-order valence-corrected chi connectivity index (χ3v) is 4.09. The van der Waals surface area contributed by atoms with Crippen LogP contribution in [0.25, 0.3) is 0 Å². The predicted molar refractivity (Wildman–Crippen MR) is 105 cm³/mol. The number of benzene rings is 2. The van der Waals surface area contributed by atoms with E-state index in [0.29, 0.717) is 12.1 Å². The van der Waals surface area contributed by atoms with E-state index in [-0.39, 0.29) is 16.9 Å². The largest absolute Gasteiger partial charge is 0.383 e. The second-order valence-corrected chi connectivity index (χ2v) is 6.17. The summed E-state index contributed by atoms with van der Waals surface area (Å²) in [4.78, 5) is 16.1. The quantitative estimate of drug-likeness (QED) is 0.579. The van der Waals surface area contributed by atoms with Gasteiger partial charge in [-0.2, -0.15) is 0 Å². The maximum absolute atomic E-state index is 12.2. The lowest BCUT2D eigenvalue weighted by Crippen LogP contribution is -2.24. The summed E-state index contributed by atoms with van der Waals surface area (Å²) in [5.74, 6) is -0.154. The second kappa shape index (κ2) is 8.36. The maximum Gasteiger partial charge on any atom is 0.255 e. The van der Waals surface area contributed by atoms with Crippen LogP contribution in [0.5, 0.6) is 0 Å². The van der Waals surface area contributed by atoms with Gasteiger partial charge in [-0.05, 0) is 35.4 Å². The van der Waals surface area contributed by atoms with Gasteiger partial charge in [0.25, 0.3) is 5.91 Å². The summed E-state index contributed by atoms with van der Waals surface area (Å²) in [5.41, 5.74) is 9.29. The molecular weight excluding hydrogens is 348 g/mol. The minimum absolute atomic E-state index is 0.123. The summed E-state index contributed by atoms with van der Waals surface area (Å²) >= 11 is 5.75. The molecule has 1 heterocycles. The van der Waals surface area contributed by atoms with Crippen molar-refractivity contribution in [1.82, 2.24) is 10.3 Å². The first-order valence-corrected chi connectivity index (χ1v) is 8.56. The lowest BCUT2D eigenvalue weighted by Gasteiger charge is -2.09. The summed E-state index contributed by atoms with van der Waals surface area (Å²) in [7, 11) is 0. The molecule has 4 N–H and O–H groups in total. The summed E-state index contributed by atoms with van der Waals surface area (Å²) in [5, 5.41) is 6.46. The first kappa shape index (κ1) is 17.8. The lowest BCUT2D eigenvalue weighted by atomic mass is 10.1. The zero-order chi connectivity index (χ0) is 18.4. The summed E-state index contributed by atoms with van der Waals surface area (Å²) in [6.45, 7) is 1.15. The van der Waals surface area contributed by atoms with Gasteiger partial charge in [0.05, 0.1) is 5.56 Å². The van der Waals surface area contributed by atoms with Crippen LogP contribution in [0, 0.1) is 0 Å². The topological polar surface area (TPSA) is 80.0 Å². The molecule has 2 aromatic carbocycles. The second-order valence-electron chi connectivity index (χ2n) is 5.79. The highest BCUT2D eigenvalue weighted by molar-refractivity contribution is 6.29. The van der Waals surface area contributed by atoms with Crippen LogP contribution in [-0.2, 0) is 13.1 Å². The highest BCUT2D eigenvalue weighted by Crippen LogP contribution is 2.14. The van der Waals surface area contributed by atoms with Crippen molar-refractivity contribution < 1.29 is 4.79 Å². The van der Waals surface area contributed by atoms with E-state index in [1.54, 1.807) is 12.1 Å². The minimum atomic E-state index is -0.276. The van der Waals surface area contributed by atoms with E-state index in [0.717, 1.165) is 23.4 Å². The third-order valence-electron chi connectivity index (χ3n) is 3.88. The number of hydrogen-bond acceptors (Lipinski definition) is 4. The Kier molecular flexibility index (Phi) is 5.71. The van der Waals surface area contributed by atoms with E-state index in [2.05, 4.69) is 15.6 Å². The Morgan fingerprint density at radius 1 is 0.923 bits per heavy atom. The van der Waals surface area contributed by atoms with Gasteiger partial charge in [0.15, 0.2) is 0 Å². The number of rotatable bonds is 6. The van der Waals surface area contributed by atoms with Gasteiger partial charge < -0.3 is 16.4 Å². The smallest absolute Gasteiger partial charge is 0.255 e. The normalized spacial score (nSPS) is 10.3. The molecule has 0 bridgehead atoms. The van der Waals surface area contributed by atoms with Crippen LogP contribution < -0.4 is 16.4 Å². The number of carbonyl (C=O) groups excluding carboxylic acids is 1. The van der Waals surface area contributed by atoms with Gasteiger partial charge in [-0.25, -0.2) is 4.98 Å². The molecule has 0 fully saturated rings. The number of halogens is 1. The van der Waals surface area contributed by atoms with Crippen molar-refractivity contribution in [2.24, 2.45) is 0 Å². The van der Waals surface area contributed by atoms with Crippen LogP contribution in [0.3, 0.4) is 0 Å². The average Bonchev–Trinajstić information content (AvgIpc) is 2.66. The van der Waals surface area contributed by atoms with Crippen LogP contribution in [0.2, 0.25) is 5.15 Å². The molecule has 26 heavy (non-hydrogen) atoms. The van der Waals surface area contributed by atoms with E-state index in [1.165, 1.54) is 0 Å². The van der Waals surface area contributed by atoms with E-state index in [1.807, 2.05) is 54.6 Å². The van der Waals surface area contributed by atoms with E-state index in [4.69, 9.17) is 17.3 Å².